The van der Waals surface area contributed by atoms with Crippen molar-refractivity contribution in [1.82, 2.24) is 29.5 Å². The topological polar surface area (TPSA) is 142 Å². The summed E-state index contributed by atoms with van der Waals surface area (Å²) in [6.45, 7) is 10.1. The molecule has 1 atom stereocenters. The van der Waals surface area contributed by atoms with Gasteiger partial charge in [-0.05, 0) is 62.4 Å². The lowest BCUT2D eigenvalue weighted by Gasteiger charge is -2.40. The maximum Gasteiger partial charge on any atom is 0.313 e. The molecule has 5 heterocycles. The van der Waals surface area contributed by atoms with E-state index >= 15 is 0 Å². The minimum Gasteiger partial charge on any atom is -0.481 e. The number of hydrogen-bond acceptors (Lipinski definition) is 10. The molecule has 218 valence electrons. The molecule has 4 aromatic rings. The number of anilines is 3. The minimum absolute atomic E-state index is 0. The third-order valence-electron chi connectivity index (χ3n) is 8.14. The van der Waals surface area contributed by atoms with Crippen molar-refractivity contribution in [3.63, 3.8) is 0 Å². The van der Waals surface area contributed by atoms with E-state index in [9.17, 15) is 9.90 Å². The van der Waals surface area contributed by atoms with Gasteiger partial charge in [0.25, 0.3) is 5.78 Å². The Morgan fingerprint density at radius 1 is 1.05 bits per heavy atom. The summed E-state index contributed by atoms with van der Waals surface area (Å²) in [6, 6.07) is 11.6. The molecule has 1 aromatic carbocycles. The van der Waals surface area contributed by atoms with Gasteiger partial charge in [-0.3, -0.25) is 9.69 Å². The van der Waals surface area contributed by atoms with E-state index in [0.717, 1.165) is 63.5 Å². The number of nitrogen functional groups attached to an aromatic ring is 1. The van der Waals surface area contributed by atoms with Crippen LogP contribution < -0.4 is 15.5 Å². The molecule has 6 rings (SSSR count). The number of aliphatic carboxylic acids is 1. The van der Waals surface area contributed by atoms with E-state index < -0.39 is 11.4 Å². The maximum absolute atomic E-state index is 11.6. The molecule has 0 spiro atoms. The number of nitrogens with two attached hydrogens (primary N) is 1. The fourth-order valence-corrected chi connectivity index (χ4v) is 5.61. The number of carboxylic acid groups (broad SMARTS) is 1. The second-order valence-electron chi connectivity index (χ2n) is 11.2. The number of rotatable bonds is 7. The lowest BCUT2D eigenvalue weighted by Crippen LogP contribution is -2.49. The zero-order chi connectivity index (χ0) is 27.9. The van der Waals surface area contributed by atoms with Crippen molar-refractivity contribution in [3.05, 3.63) is 48.2 Å². The number of nitrogens with zero attached hydrogens (tertiary/aromatic N) is 8. The first-order valence-corrected chi connectivity index (χ1v) is 13.8. The van der Waals surface area contributed by atoms with Crippen LogP contribution in [0.3, 0.4) is 0 Å². The molecule has 0 saturated carbocycles. The molecule has 2 saturated heterocycles. The number of aromatic nitrogens is 5. The average Bonchev–Trinajstić information content (AvgIpc) is 3.64. The Labute approximate surface area is 244 Å². The molecule has 2 fully saturated rings. The van der Waals surface area contributed by atoms with Crippen molar-refractivity contribution in [1.29, 1.82) is 0 Å². The predicted octanol–water partition coefficient (Wildman–Crippen LogP) is 3.18. The number of furan rings is 1. The van der Waals surface area contributed by atoms with Gasteiger partial charge in [-0.25, -0.2) is 0 Å². The standard InChI is InChI=1S/C28H35N9O3.ClH/c1-28(2,24(38)39)20-7-9-21(10-8-20)35-14-12-34(13-15-35)17-19-5-3-11-36(18-19)26-31-25(29)37-27(32-26)30-23(33-37)22-6-4-16-40-22;/h4,6-10,16,19H,3,5,11-15,17-18H2,1-2H3,(H,38,39)(H2,29,30,31,32,33);1H/t19-;/m0./s1. The number of carbonyl (C=O) groups is 1. The molecule has 3 aromatic heterocycles. The minimum atomic E-state index is -0.897. The van der Waals surface area contributed by atoms with E-state index in [-0.39, 0.29) is 18.4 Å². The van der Waals surface area contributed by atoms with Crippen molar-refractivity contribution in [2.75, 3.05) is 61.3 Å². The van der Waals surface area contributed by atoms with Gasteiger partial charge in [0.05, 0.1) is 11.7 Å². The monoisotopic (exact) mass is 581 g/mol. The maximum atomic E-state index is 11.6. The zero-order valence-electron chi connectivity index (χ0n) is 23.3. The first-order valence-electron chi connectivity index (χ1n) is 13.8. The molecule has 0 aliphatic carbocycles. The van der Waals surface area contributed by atoms with E-state index in [1.807, 2.05) is 24.3 Å². The van der Waals surface area contributed by atoms with Crippen molar-refractivity contribution < 1.29 is 14.3 Å². The molecule has 3 N–H and O–H groups in total. The van der Waals surface area contributed by atoms with Gasteiger partial charge in [0.2, 0.25) is 17.7 Å². The second kappa shape index (κ2) is 11.5. The van der Waals surface area contributed by atoms with E-state index in [1.54, 1.807) is 32.2 Å². The Balaban J connectivity index is 0.00000337. The first kappa shape index (κ1) is 28.6. The molecule has 0 bridgehead atoms. The molecule has 2 aliphatic heterocycles. The molecule has 0 amide bonds. The number of piperidine rings is 1. The zero-order valence-corrected chi connectivity index (χ0v) is 24.1. The van der Waals surface area contributed by atoms with Crippen LogP contribution in [0.5, 0.6) is 0 Å². The number of halogens is 1. The second-order valence-corrected chi connectivity index (χ2v) is 11.2. The van der Waals surface area contributed by atoms with Gasteiger partial charge >= 0.3 is 5.97 Å². The Hall–Kier alpha value is -3.90. The molecular weight excluding hydrogens is 546 g/mol. The van der Waals surface area contributed by atoms with Crippen LogP contribution in [-0.2, 0) is 10.2 Å². The largest absolute Gasteiger partial charge is 0.481 e. The van der Waals surface area contributed by atoms with Gasteiger partial charge in [-0.2, -0.15) is 19.5 Å². The normalized spacial score (nSPS) is 18.4. The quantitative estimate of drug-likeness (QED) is 0.332. The van der Waals surface area contributed by atoms with Crippen LogP contribution in [0.15, 0.2) is 47.1 Å². The fourth-order valence-electron chi connectivity index (χ4n) is 5.61. The van der Waals surface area contributed by atoms with Gasteiger partial charge in [-0.1, -0.05) is 12.1 Å². The van der Waals surface area contributed by atoms with Crippen LogP contribution in [0.2, 0.25) is 0 Å². The Kier molecular flexibility index (Phi) is 8.05. The molecule has 12 nitrogen and oxygen atoms in total. The summed E-state index contributed by atoms with van der Waals surface area (Å²) in [5, 5.41) is 13.9. The van der Waals surface area contributed by atoms with Gasteiger partial charge in [0, 0.05) is 51.5 Å². The lowest BCUT2D eigenvalue weighted by atomic mass is 9.85. The summed E-state index contributed by atoms with van der Waals surface area (Å²) >= 11 is 0. The van der Waals surface area contributed by atoms with Crippen LogP contribution in [0.4, 0.5) is 17.6 Å². The highest BCUT2D eigenvalue weighted by molar-refractivity contribution is 5.85. The predicted molar refractivity (Wildman–Crippen MR) is 159 cm³/mol. The molecular formula is C28H36ClN9O3. The summed E-state index contributed by atoms with van der Waals surface area (Å²) in [6.07, 6.45) is 3.82. The highest BCUT2D eigenvalue weighted by atomic mass is 35.5. The number of hydrogen-bond donors (Lipinski definition) is 2. The molecule has 41 heavy (non-hydrogen) atoms. The first-order chi connectivity index (χ1) is 19.3. The third-order valence-corrected chi connectivity index (χ3v) is 8.14. The molecule has 0 unspecified atom stereocenters. The van der Waals surface area contributed by atoms with Crippen molar-refractivity contribution in [2.45, 2.75) is 32.1 Å². The fraction of sp³-hybridized carbons (Fsp3) is 0.464. The van der Waals surface area contributed by atoms with Crippen LogP contribution in [0.25, 0.3) is 17.4 Å². The average molecular weight is 582 g/mol. The Bertz CT molecular complexity index is 1480. The van der Waals surface area contributed by atoms with Gasteiger partial charge in [0.15, 0.2) is 5.76 Å². The van der Waals surface area contributed by atoms with E-state index in [2.05, 4.69) is 34.8 Å². The van der Waals surface area contributed by atoms with Crippen LogP contribution >= 0.6 is 12.4 Å². The smallest absolute Gasteiger partial charge is 0.313 e. The highest BCUT2D eigenvalue weighted by Crippen LogP contribution is 2.28. The molecule has 13 heteroatoms. The van der Waals surface area contributed by atoms with Crippen molar-refractivity contribution >= 4 is 41.7 Å². The van der Waals surface area contributed by atoms with Gasteiger partial charge in [-0.15, -0.1) is 17.5 Å². The van der Waals surface area contributed by atoms with Crippen LogP contribution in [-0.4, -0.2) is 86.4 Å². The van der Waals surface area contributed by atoms with Gasteiger partial charge < -0.3 is 25.1 Å². The van der Waals surface area contributed by atoms with E-state index in [1.165, 1.54) is 10.9 Å². The lowest BCUT2D eigenvalue weighted by molar-refractivity contribution is -0.142. The molecule has 0 radical (unpaired) electrons. The number of fused-ring (bicyclic) bond motifs is 1. The third kappa shape index (κ3) is 5.80. The SMILES string of the molecule is CC(C)(C(=O)O)c1ccc(N2CCN(C[C@@H]3CCCN(c4nc(N)n5nc(-c6ccco6)nc5n4)C3)CC2)cc1.Cl. The summed E-state index contributed by atoms with van der Waals surface area (Å²) in [5.74, 6) is 1.93. The van der Waals surface area contributed by atoms with E-state index in [0.29, 0.717) is 29.2 Å². The van der Waals surface area contributed by atoms with Gasteiger partial charge in [0.1, 0.15) is 0 Å². The van der Waals surface area contributed by atoms with Crippen molar-refractivity contribution in [2.24, 2.45) is 5.92 Å². The highest BCUT2D eigenvalue weighted by Gasteiger charge is 2.30. The summed E-state index contributed by atoms with van der Waals surface area (Å²) < 4.78 is 6.86. The Morgan fingerprint density at radius 3 is 2.49 bits per heavy atom. The summed E-state index contributed by atoms with van der Waals surface area (Å²) in [7, 11) is 0. The van der Waals surface area contributed by atoms with Crippen molar-refractivity contribution in [3.8, 4) is 11.6 Å². The summed E-state index contributed by atoms with van der Waals surface area (Å²) in [4.78, 5) is 32.4. The number of benzene rings is 1. The molecule has 2 aliphatic rings. The van der Waals surface area contributed by atoms with Crippen LogP contribution in [0, 0.1) is 5.92 Å². The Morgan fingerprint density at radius 2 is 1.80 bits per heavy atom. The van der Waals surface area contributed by atoms with Crippen LogP contribution in [0.1, 0.15) is 32.3 Å². The summed E-state index contributed by atoms with van der Waals surface area (Å²) in [5.41, 5.74) is 7.29. The number of piperazine rings is 1. The number of carboxylic acids is 1. The van der Waals surface area contributed by atoms with E-state index in [4.69, 9.17) is 10.2 Å².